The summed E-state index contributed by atoms with van der Waals surface area (Å²) in [6.07, 6.45) is 0. The normalized spacial score (nSPS) is 12.0. The highest BCUT2D eigenvalue weighted by atomic mass is 15.2. The molecule has 0 saturated heterocycles. The SMILES string of the molecule is [CH2]N(CCN(C)C)CCN(C)C. The summed E-state index contributed by atoms with van der Waals surface area (Å²) < 4.78 is 0. The first-order chi connectivity index (χ1) is 5.52. The minimum atomic E-state index is 1.04. The van der Waals surface area contributed by atoms with Gasteiger partial charge in [-0.2, -0.15) is 0 Å². The zero-order valence-corrected chi connectivity index (χ0v) is 8.88. The predicted molar refractivity (Wildman–Crippen MR) is 54.0 cm³/mol. The van der Waals surface area contributed by atoms with Crippen molar-refractivity contribution < 1.29 is 0 Å². The van der Waals surface area contributed by atoms with Gasteiger partial charge in [-0.3, -0.25) is 4.90 Å². The second-order valence-corrected chi connectivity index (χ2v) is 3.72. The lowest BCUT2D eigenvalue weighted by molar-refractivity contribution is 0.273. The van der Waals surface area contributed by atoms with Crippen molar-refractivity contribution in [3.8, 4) is 0 Å². The van der Waals surface area contributed by atoms with Crippen LogP contribution in [0.3, 0.4) is 0 Å². The number of rotatable bonds is 6. The van der Waals surface area contributed by atoms with Gasteiger partial charge in [0.2, 0.25) is 0 Å². The molecule has 73 valence electrons. The Morgan fingerprint density at radius 2 is 1.08 bits per heavy atom. The predicted octanol–water partition coefficient (Wildman–Crippen LogP) is 0.203. The molecule has 0 rings (SSSR count). The number of hydrogen-bond donors (Lipinski definition) is 0. The van der Waals surface area contributed by atoms with Gasteiger partial charge in [0.1, 0.15) is 0 Å². The van der Waals surface area contributed by atoms with Gasteiger partial charge in [-0.1, -0.05) is 0 Å². The molecule has 1 radical (unpaired) electrons. The van der Waals surface area contributed by atoms with Crippen molar-refractivity contribution in [2.75, 3.05) is 54.4 Å². The van der Waals surface area contributed by atoms with Crippen molar-refractivity contribution in [1.82, 2.24) is 14.7 Å². The first kappa shape index (κ1) is 11.9. The molecule has 12 heavy (non-hydrogen) atoms. The van der Waals surface area contributed by atoms with Gasteiger partial charge in [0, 0.05) is 33.2 Å². The third-order valence-corrected chi connectivity index (χ3v) is 1.73. The Hall–Kier alpha value is -0.120. The first-order valence-electron chi connectivity index (χ1n) is 4.37. The molecule has 0 N–H and O–H groups in total. The molecule has 0 unspecified atom stereocenters. The molecule has 0 atom stereocenters. The van der Waals surface area contributed by atoms with Crippen molar-refractivity contribution in [1.29, 1.82) is 0 Å². The highest BCUT2D eigenvalue weighted by Gasteiger charge is 1.99. The highest BCUT2D eigenvalue weighted by molar-refractivity contribution is 4.59. The van der Waals surface area contributed by atoms with Gasteiger partial charge in [0.15, 0.2) is 0 Å². The maximum atomic E-state index is 3.96. The molecule has 0 aliphatic heterocycles. The third-order valence-electron chi connectivity index (χ3n) is 1.73. The zero-order valence-electron chi connectivity index (χ0n) is 8.88. The van der Waals surface area contributed by atoms with E-state index in [0.29, 0.717) is 0 Å². The average molecular weight is 172 g/mol. The Morgan fingerprint density at radius 1 is 0.750 bits per heavy atom. The monoisotopic (exact) mass is 172 g/mol. The lowest BCUT2D eigenvalue weighted by Gasteiger charge is -2.20. The molecule has 0 saturated carbocycles. The standard InChI is InChI=1S/C9H22N3/c1-10(2)6-8-12(5)9-7-11(3)4/h5-9H2,1-4H3. The summed E-state index contributed by atoms with van der Waals surface area (Å²) in [5, 5.41) is 0. The first-order valence-corrected chi connectivity index (χ1v) is 4.37. The van der Waals surface area contributed by atoms with E-state index in [0.717, 1.165) is 26.2 Å². The summed E-state index contributed by atoms with van der Waals surface area (Å²) in [5.41, 5.74) is 0. The Kier molecular flexibility index (Phi) is 6.34. The molecule has 0 fully saturated rings. The van der Waals surface area contributed by atoms with Crippen molar-refractivity contribution >= 4 is 0 Å². The number of nitrogens with zero attached hydrogens (tertiary/aromatic N) is 3. The second kappa shape index (κ2) is 6.40. The van der Waals surface area contributed by atoms with E-state index < -0.39 is 0 Å². The zero-order chi connectivity index (χ0) is 9.56. The summed E-state index contributed by atoms with van der Waals surface area (Å²) in [5.74, 6) is 0. The van der Waals surface area contributed by atoms with E-state index in [1.54, 1.807) is 0 Å². The van der Waals surface area contributed by atoms with Crippen LogP contribution >= 0.6 is 0 Å². The Morgan fingerprint density at radius 3 is 1.33 bits per heavy atom. The van der Waals surface area contributed by atoms with Gasteiger partial charge >= 0.3 is 0 Å². The molecule has 0 bridgehead atoms. The van der Waals surface area contributed by atoms with E-state index >= 15 is 0 Å². The molecule has 0 amide bonds. The Balaban J connectivity index is 3.27. The molecule has 0 heterocycles. The van der Waals surface area contributed by atoms with Gasteiger partial charge in [0.25, 0.3) is 0 Å². The smallest absolute Gasteiger partial charge is 0.0110 e. The van der Waals surface area contributed by atoms with Crippen LogP contribution in [0.15, 0.2) is 0 Å². The van der Waals surface area contributed by atoms with Crippen molar-refractivity contribution in [3.05, 3.63) is 7.05 Å². The van der Waals surface area contributed by atoms with Crippen LogP contribution in [0.5, 0.6) is 0 Å². The van der Waals surface area contributed by atoms with Crippen LogP contribution in [0, 0.1) is 7.05 Å². The van der Waals surface area contributed by atoms with Crippen LogP contribution in [-0.2, 0) is 0 Å². The van der Waals surface area contributed by atoms with Crippen LogP contribution in [0.25, 0.3) is 0 Å². The molecule has 0 spiro atoms. The largest absolute Gasteiger partial charge is 0.308 e. The third kappa shape index (κ3) is 7.98. The van der Waals surface area contributed by atoms with E-state index in [4.69, 9.17) is 0 Å². The van der Waals surface area contributed by atoms with E-state index in [9.17, 15) is 0 Å². The molecule has 0 aromatic rings. The Bertz CT molecular complexity index is 89.9. The minimum absolute atomic E-state index is 1.04. The van der Waals surface area contributed by atoms with E-state index in [-0.39, 0.29) is 0 Å². The van der Waals surface area contributed by atoms with Gasteiger partial charge in [-0.15, -0.1) is 0 Å². The van der Waals surface area contributed by atoms with Crippen LogP contribution in [0.2, 0.25) is 0 Å². The van der Waals surface area contributed by atoms with E-state index in [1.807, 2.05) is 0 Å². The summed E-state index contributed by atoms with van der Waals surface area (Å²) >= 11 is 0. The van der Waals surface area contributed by atoms with E-state index in [1.165, 1.54) is 0 Å². The van der Waals surface area contributed by atoms with Gasteiger partial charge in [-0.25, -0.2) is 0 Å². The van der Waals surface area contributed by atoms with Crippen molar-refractivity contribution in [2.45, 2.75) is 0 Å². The molecule has 3 heteroatoms. The number of hydrogen-bond acceptors (Lipinski definition) is 3. The summed E-state index contributed by atoms with van der Waals surface area (Å²) in [4.78, 5) is 6.46. The highest BCUT2D eigenvalue weighted by Crippen LogP contribution is 1.86. The molecule has 0 aromatic heterocycles. The van der Waals surface area contributed by atoms with Crippen LogP contribution < -0.4 is 0 Å². The van der Waals surface area contributed by atoms with Crippen LogP contribution in [0.1, 0.15) is 0 Å². The topological polar surface area (TPSA) is 9.72 Å². The molecule has 0 aromatic carbocycles. The second-order valence-electron chi connectivity index (χ2n) is 3.72. The minimum Gasteiger partial charge on any atom is -0.308 e. The average Bonchev–Trinajstić information content (AvgIpc) is 1.96. The molecule has 3 nitrogen and oxygen atoms in total. The Labute approximate surface area is 76.9 Å². The van der Waals surface area contributed by atoms with Crippen molar-refractivity contribution in [2.24, 2.45) is 0 Å². The fraction of sp³-hybridized carbons (Fsp3) is 0.889. The quantitative estimate of drug-likeness (QED) is 0.567. The van der Waals surface area contributed by atoms with Crippen LogP contribution in [0.4, 0.5) is 0 Å². The molecule has 0 aliphatic carbocycles. The number of likely N-dealkylation sites (N-methyl/N-ethyl adjacent to an activating group) is 2. The lowest BCUT2D eigenvalue weighted by atomic mass is 10.4. The molecular formula is C9H22N3. The lowest BCUT2D eigenvalue weighted by Crippen LogP contribution is -2.32. The maximum absolute atomic E-state index is 3.96. The van der Waals surface area contributed by atoms with E-state index in [2.05, 4.69) is 49.9 Å². The fourth-order valence-electron chi connectivity index (χ4n) is 0.795. The summed E-state index contributed by atoms with van der Waals surface area (Å²) in [7, 11) is 12.3. The molecule has 0 aliphatic rings. The van der Waals surface area contributed by atoms with Crippen molar-refractivity contribution in [3.63, 3.8) is 0 Å². The fourth-order valence-corrected chi connectivity index (χ4v) is 0.795. The van der Waals surface area contributed by atoms with Gasteiger partial charge in [0.05, 0.1) is 0 Å². The van der Waals surface area contributed by atoms with Gasteiger partial charge < -0.3 is 9.80 Å². The summed E-state index contributed by atoms with van der Waals surface area (Å²) in [6, 6.07) is 0. The maximum Gasteiger partial charge on any atom is 0.0110 e. The summed E-state index contributed by atoms with van der Waals surface area (Å²) in [6.45, 7) is 4.25. The molecular weight excluding hydrogens is 150 g/mol. The van der Waals surface area contributed by atoms with Gasteiger partial charge in [-0.05, 0) is 28.2 Å². The van der Waals surface area contributed by atoms with Crippen LogP contribution in [-0.4, -0.2) is 69.1 Å².